The van der Waals surface area contributed by atoms with Crippen LogP contribution >= 0.6 is 7.82 Å². The van der Waals surface area contributed by atoms with E-state index >= 15 is 0 Å². The average molecular weight is 650 g/mol. The maximum absolute atomic E-state index is 12.6. The van der Waals surface area contributed by atoms with E-state index in [0.717, 1.165) is 17.4 Å². The lowest BCUT2D eigenvalue weighted by molar-refractivity contribution is -0.0562. The Labute approximate surface area is 261 Å². The van der Waals surface area contributed by atoms with Crippen LogP contribution in [0.15, 0.2) is 17.1 Å². The van der Waals surface area contributed by atoms with Crippen LogP contribution in [0.1, 0.15) is 116 Å². The summed E-state index contributed by atoms with van der Waals surface area (Å²) in [6.07, 6.45) is 15.2. The van der Waals surface area contributed by atoms with Crippen molar-refractivity contribution in [3.8, 4) is 0 Å². The van der Waals surface area contributed by atoms with Gasteiger partial charge in [-0.3, -0.25) is 13.6 Å². The van der Waals surface area contributed by atoms with E-state index < -0.39 is 64.0 Å². The van der Waals surface area contributed by atoms with Gasteiger partial charge < -0.3 is 35.4 Å². The molecule has 1 aromatic rings. The monoisotopic (exact) mass is 649 g/mol. The van der Waals surface area contributed by atoms with Gasteiger partial charge in [-0.05, 0) is 12.5 Å². The fraction of sp³-hybridized carbons (Fsp3) is 0.867. The SMILES string of the molecule is CCCCCCCCCCCCCCCCCCNc1ccn([C@@H]2O[C@H](COP(=O)(O)OCC(O)CO)[C@@H](O)[C@@H]2O)c(=O)n1. The van der Waals surface area contributed by atoms with E-state index in [1.807, 2.05) is 0 Å². The summed E-state index contributed by atoms with van der Waals surface area (Å²) in [5.74, 6) is 0.392. The summed E-state index contributed by atoms with van der Waals surface area (Å²) in [6, 6.07) is 1.57. The Hall–Kier alpha value is -1.41. The molecule has 1 fully saturated rings. The number of ether oxygens (including phenoxy) is 1. The van der Waals surface area contributed by atoms with Crippen molar-refractivity contribution in [1.82, 2.24) is 9.55 Å². The first-order chi connectivity index (χ1) is 21.2. The molecule has 13 nitrogen and oxygen atoms in total. The zero-order valence-corrected chi connectivity index (χ0v) is 27.2. The Morgan fingerprint density at radius 1 is 0.932 bits per heavy atom. The molecule has 0 amide bonds. The first-order valence-electron chi connectivity index (χ1n) is 16.4. The molecule has 0 saturated carbocycles. The molecule has 0 spiro atoms. The van der Waals surface area contributed by atoms with Crippen molar-refractivity contribution < 1.29 is 43.7 Å². The Balaban J connectivity index is 1.59. The Kier molecular flexibility index (Phi) is 19.5. The van der Waals surface area contributed by atoms with Gasteiger partial charge in [-0.2, -0.15) is 4.98 Å². The smallest absolute Gasteiger partial charge is 0.394 e. The number of phosphoric ester groups is 1. The lowest BCUT2D eigenvalue weighted by Crippen LogP contribution is -2.36. The number of nitrogens with one attached hydrogen (secondary N) is 1. The van der Waals surface area contributed by atoms with E-state index in [-0.39, 0.29) is 0 Å². The molecule has 0 bridgehead atoms. The molecule has 44 heavy (non-hydrogen) atoms. The number of phosphoric acid groups is 1. The standard InChI is InChI=1S/C30H56N3O10P/c1-2-3-4-5-6-7-8-9-10-11-12-13-14-15-16-17-19-31-26-18-20-33(30(38)32-26)29-28(37)27(36)25(43-29)23-42-44(39,40)41-22-24(35)21-34/h18,20,24-25,27-29,34-37H,2-17,19,21-23H2,1H3,(H,39,40)(H,31,32,38)/t24?,25-,27-,28+,29-/m1/s1. The van der Waals surface area contributed by atoms with Gasteiger partial charge >= 0.3 is 13.5 Å². The number of hydrogen-bond donors (Lipinski definition) is 6. The van der Waals surface area contributed by atoms with Crippen LogP contribution in [0.3, 0.4) is 0 Å². The fourth-order valence-electron chi connectivity index (χ4n) is 5.13. The van der Waals surface area contributed by atoms with Crippen LogP contribution < -0.4 is 11.0 Å². The topological polar surface area (TPSA) is 193 Å². The highest BCUT2D eigenvalue weighted by atomic mass is 31.2. The van der Waals surface area contributed by atoms with Crippen molar-refractivity contribution in [2.24, 2.45) is 0 Å². The third kappa shape index (κ3) is 15.2. The van der Waals surface area contributed by atoms with Crippen molar-refractivity contribution >= 4 is 13.6 Å². The largest absolute Gasteiger partial charge is 0.472 e. The Bertz CT molecular complexity index is 1000. The second-order valence-corrected chi connectivity index (χ2v) is 13.1. The van der Waals surface area contributed by atoms with Crippen molar-refractivity contribution in [3.63, 3.8) is 0 Å². The summed E-state index contributed by atoms with van der Waals surface area (Å²) in [5, 5.41) is 41.9. The summed E-state index contributed by atoms with van der Waals surface area (Å²) in [5.41, 5.74) is -0.700. The lowest BCUT2D eigenvalue weighted by atomic mass is 10.0. The zero-order valence-electron chi connectivity index (χ0n) is 26.3. The second-order valence-electron chi connectivity index (χ2n) is 11.7. The molecule has 0 radical (unpaired) electrons. The lowest BCUT2D eigenvalue weighted by Gasteiger charge is -2.18. The summed E-state index contributed by atoms with van der Waals surface area (Å²) in [4.78, 5) is 26.3. The van der Waals surface area contributed by atoms with Crippen molar-refractivity contribution in [1.29, 1.82) is 0 Å². The Morgan fingerprint density at radius 3 is 2.00 bits per heavy atom. The van der Waals surface area contributed by atoms with Crippen LogP contribution in [0.5, 0.6) is 0 Å². The van der Waals surface area contributed by atoms with E-state index in [2.05, 4.69) is 21.7 Å². The maximum Gasteiger partial charge on any atom is 0.472 e. The number of anilines is 1. The Morgan fingerprint density at radius 2 is 1.48 bits per heavy atom. The highest BCUT2D eigenvalue weighted by molar-refractivity contribution is 7.47. The van der Waals surface area contributed by atoms with Crippen LogP contribution in [0.25, 0.3) is 0 Å². The third-order valence-corrected chi connectivity index (χ3v) is 8.77. The van der Waals surface area contributed by atoms with E-state index in [4.69, 9.17) is 14.4 Å². The van der Waals surface area contributed by atoms with Gasteiger partial charge in [-0.15, -0.1) is 0 Å². The predicted molar refractivity (Wildman–Crippen MR) is 167 cm³/mol. The van der Waals surface area contributed by atoms with Crippen LogP contribution in [0.2, 0.25) is 0 Å². The van der Waals surface area contributed by atoms with Crippen LogP contribution in [0, 0.1) is 0 Å². The average Bonchev–Trinajstić information content (AvgIpc) is 3.29. The minimum absolute atomic E-state index is 0.392. The molecule has 0 aliphatic carbocycles. The first kappa shape index (κ1) is 38.8. The number of nitrogens with zero attached hydrogens (tertiary/aromatic N) is 2. The second kappa shape index (κ2) is 22.2. The molecule has 6 N–H and O–H groups in total. The number of rotatable bonds is 26. The van der Waals surface area contributed by atoms with Gasteiger partial charge in [-0.25, -0.2) is 9.36 Å². The molecule has 6 atom stereocenters. The summed E-state index contributed by atoms with van der Waals surface area (Å²) >= 11 is 0. The van der Waals surface area contributed by atoms with Gasteiger partial charge in [0.1, 0.15) is 30.2 Å². The van der Waals surface area contributed by atoms with Gasteiger partial charge in [0, 0.05) is 12.7 Å². The third-order valence-electron chi connectivity index (χ3n) is 7.82. The van der Waals surface area contributed by atoms with Gasteiger partial charge in [0.15, 0.2) is 6.23 Å². The van der Waals surface area contributed by atoms with E-state index in [1.54, 1.807) is 6.07 Å². The molecule has 1 aliphatic rings. The quantitative estimate of drug-likeness (QED) is 0.0625. The molecule has 1 aromatic heterocycles. The highest BCUT2D eigenvalue weighted by Crippen LogP contribution is 2.44. The summed E-state index contributed by atoms with van der Waals surface area (Å²) in [7, 11) is -4.63. The summed E-state index contributed by atoms with van der Waals surface area (Å²) in [6.45, 7) is 0.972. The molecule has 2 rings (SSSR count). The number of hydrogen-bond acceptors (Lipinski definition) is 11. The molecule has 2 heterocycles. The molecular weight excluding hydrogens is 593 g/mol. The highest BCUT2D eigenvalue weighted by Gasteiger charge is 2.45. The van der Waals surface area contributed by atoms with Crippen LogP contribution in [-0.2, 0) is 18.3 Å². The van der Waals surface area contributed by atoms with Gasteiger partial charge in [0.05, 0.1) is 19.8 Å². The van der Waals surface area contributed by atoms with Crippen LogP contribution in [-0.4, -0.2) is 85.7 Å². The van der Waals surface area contributed by atoms with Crippen molar-refractivity contribution in [2.75, 3.05) is 31.7 Å². The molecule has 256 valence electrons. The molecule has 2 unspecified atom stereocenters. The van der Waals surface area contributed by atoms with E-state index in [1.165, 1.54) is 96.1 Å². The van der Waals surface area contributed by atoms with E-state index in [9.17, 15) is 29.6 Å². The molecule has 1 aliphatic heterocycles. The number of aromatic nitrogens is 2. The minimum atomic E-state index is -4.63. The number of unbranched alkanes of at least 4 members (excludes halogenated alkanes) is 15. The summed E-state index contributed by atoms with van der Waals surface area (Å²) < 4.78 is 27.8. The molecule has 0 aromatic carbocycles. The van der Waals surface area contributed by atoms with Crippen LogP contribution in [0.4, 0.5) is 5.82 Å². The van der Waals surface area contributed by atoms with Gasteiger partial charge in [0.25, 0.3) is 0 Å². The maximum atomic E-state index is 12.6. The molecule has 1 saturated heterocycles. The van der Waals surface area contributed by atoms with Gasteiger partial charge in [-0.1, -0.05) is 103 Å². The fourth-order valence-corrected chi connectivity index (χ4v) is 5.90. The molecular formula is C30H56N3O10P. The van der Waals surface area contributed by atoms with Crippen molar-refractivity contribution in [2.45, 2.75) is 140 Å². The molecule has 14 heteroatoms. The zero-order chi connectivity index (χ0) is 32.2. The van der Waals surface area contributed by atoms with Crippen molar-refractivity contribution in [3.05, 3.63) is 22.7 Å². The normalized spacial score (nSPS) is 22.2. The minimum Gasteiger partial charge on any atom is -0.394 e. The number of aliphatic hydroxyl groups is 4. The first-order valence-corrected chi connectivity index (χ1v) is 17.9. The predicted octanol–water partition coefficient (Wildman–Crippen LogP) is 4.02. The number of aliphatic hydroxyl groups excluding tert-OH is 4. The van der Waals surface area contributed by atoms with Gasteiger partial charge in [0.2, 0.25) is 0 Å². The van der Waals surface area contributed by atoms with E-state index in [0.29, 0.717) is 12.4 Å².